The van der Waals surface area contributed by atoms with Gasteiger partial charge in [-0.05, 0) is 25.0 Å². The fourth-order valence-corrected chi connectivity index (χ4v) is 0.889. The number of allylic oxidation sites excluding steroid dienone is 3. The van der Waals surface area contributed by atoms with Crippen molar-refractivity contribution in [2.24, 2.45) is 5.73 Å². The maximum absolute atomic E-state index is 11.0. The van der Waals surface area contributed by atoms with Gasteiger partial charge in [0.1, 0.15) is 0 Å². The van der Waals surface area contributed by atoms with E-state index >= 15 is 0 Å². The highest BCUT2D eigenvalue weighted by atomic mass is 35.5. The van der Waals surface area contributed by atoms with Gasteiger partial charge in [-0.2, -0.15) is 0 Å². The van der Waals surface area contributed by atoms with Crippen LogP contribution >= 0.6 is 11.6 Å². The van der Waals surface area contributed by atoms with Crippen LogP contribution in [-0.4, -0.2) is 5.78 Å². The molecule has 2 nitrogen and oxygen atoms in total. The zero-order chi connectivity index (χ0) is 9.56. The maximum atomic E-state index is 11.0. The highest BCUT2D eigenvalue weighted by Crippen LogP contribution is 2.06. The summed E-state index contributed by atoms with van der Waals surface area (Å²) in [6.07, 6.45) is 4.93. The van der Waals surface area contributed by atoms with Crippen LogP contribution in [0.4, 0.5) is 0 Å². The lowest BCUT2D eigenvalue weighted by Crippen LogP contribution is -1.96. The molecule has 0 atom stereocenters. The molecule has 68 valence electrons. The first kappa shape index (κ1) is 11.2. The zero-order valence-corrected chi connectivity index (χ0v) is 8.19. The van der Waals surface area contributed by atoms with Crippen LogP contribution in [-0.2, 0) is 4.79 Å². The number of halogens is 1. The molecule has 0 heterocycles. The van der Waals surface area contributed by atoms with Gasteiger partial charge in [0.25, 0.3) is 0 Å². The molecule has 0 radical (unpaired) electrons. The Morgan fingerprint density at radius 1 is 1.50 bits per heavy atom. The molecule has 0 amide bonds. The molecule has 0 saturated heterocycles. The minimum Gasteiger partial charge on any atom is -0.389 e. The molecule has 0 aliphatic heterocycles. The molecule has 2 N–H and O–H groups in total. The molecule has 0 aliphatic rings. The summed E-state index contributed by atoms with van der Waals surface area (Å²) in [5, 5.41) is 0.199. The summed E-state index contributed by atoms with van der Waals surface area (Å²) in [6.45, 7) is 3.56. The second-order valence-corrected chi connectivity index (χ2v) is 2.99. The summed E-state index contributed by atoms with van der Waals surface area (Å²) in [5.74, 6) is 0.0750. The molecule has 0 bridgehead atoms. The highest BCUT2D eigenvalue weighted by Gasteiger charge is 1.99. The van der Waals surface area contributed by atoms with E-state index < -0.39 is 0 Å². The van der Waals surface area contributed by atoms with Crippen molar-refractivity contribution in [1.29, 1.82) is 0 Å². The lowest BCUT2D eigenvalue weighted by Gasteiger charge is -1.98. The van der Waals surface area contributed by atoms with E-state index in [1.165, 1.54) is 6.08 Å². The molecule has 0 aromatic heterocycles. The van der Waals surface area contributed by atoms with Crippen LogP contribution in [0.2, 0.25) is 0 Å². The average molecular weight is 188 g/mol. The average Bonchev–Trinajstić information content (AvgIpc) is 1.96. The molecule has 0 aromatic carbocycles. The van der Waals surface area contributed by atoms with Crippen LogP contribution < -0.4 is 5.73 Å². The third-order valence-corrected chi connectivity index (χ3v) is 1.54. The summed E-state index contributed by atoms with van der Waals surface area (Å²) >= 11 is 5.41. The summed E-state index contributed by atoms with van der Waals surface area (Å²) in [5.41, 5.74) is 5.97. The molecular formula is C9H14ClNO. The summed E-state index contributed by atoms with van der Waals surface area (Å²) < 4.78 is 0. The fourth-order valence-electron chi connectivity index (χ4n) is 0.826. The number of rotatable bonds is 4. The summed E-state index contributed by atoms with van der Waals surface area (Å²) in [6, 6.07) is 0. The van der Waals surface area contributed by atoms with E-state index in [0.717, 1.165) is 18.4 Å². The molecular weight excluding hydrogens is 174 g/mol. The van der Waals surface area contributed by atoms with Gasteiger partial charge in [0.2, 0.25) is 0 Å². The molecule has 0 rings (SSSR count). The SMILES string of the molecule is CCC/C(=C\C=C(/N)Cl)C(C)=O. The monoisotopic (exact) mass is 187 g/mol. The van der Waals surface area contributed by atoms with E-state index in [0.29, 0.717) is 0 Å². The molecule has 12 heavy (non-hydrogen) atoms. The van der Waals surface area contributed by atoms with Crippen molar-refractivity contribution in [3.8, 4) is 0 Å². The lowest BCUT2D eigenvalue weighted by molar-refractivity contribution is -0.113. The van der Waals surface area contributed by atoms with Crippen LogP contribution in [0.3, 0.4) is 0 Å². The van der Waals surface area contributed by atoms with Crippen molar-refractivity contribution in [3.63, 3.8) is 0 Å². The van der Waals surface area contributed by atoms with Crippen molar-refractivity contribution >= 4 is 17.4 Å². The smallest absolute Gasteiger partial charge is 0.155 e. The van der Waals surface area contributed by atoms with Gasteiger partial charge < -0.3 is 5.73 Å². The number of carbonyl (C=O) groups excluding carboxylic acids is 1. The van der Waals surface area contributed by atoms with Crippen LogP contribution in [0.25, 0.3) is 0 Å². The van der Waals surface area contributed by atoms with Gasteiger partial charge in [-0.15, -0.1) is 0 Å². The van der Waals surface area contributed by atoms with E-state index in [1.807, 2.05) is 6.92 Å². The number of hydrogen-bond donors (Lipinski definition) is 1. The fraction of sp³-hybridized carbons (Fsp3) is 0.444. The van der Waals surface area contributed by atoms with Crippen molar-refractivity contribution in [3.05, 3.63) is 22.9 Å². The Balaban J connectivity index is 4.39. The second kappa shape index (κ2) is 5.84. The van der Waals surface area contributed by atoms with Crippen molar-refractivity contribution in [2.45, 2.75) is 26.7 Å². The number of nitrogens with two attached hydrogens (primary N) is 1. The normalized spacial score (nSPS) is 13.2. The van der Waals surface area contributed by atoms with Crippen molar-refractivity contribution < 1.29 is 4.79 Å². The van der Waals surface area contributed by atoms with E-state index in [-0.39, 0.29) is 10.9 Å². The predicted octanol–water partition coefficient (Wildman–Crippen LogP) is 2.34. The van der Waals surface area contributed by atoms with E-state index in [2.05, 4.69) is 0 Å². The van der Waals surface area contributed by atoms with Gasteiger partial charge in [-0.25, -0.2) is 0 Å². The van der Waals surface area contributed by atoms with Crippen molar-refractivity contribution in [1.82, 2.24) is 0 Å². The van der Waals surface area contributed by atoms with Crippen LogP contribution in [0.15, 0.2) is 22.9 Å². The largest absolute Gasteiger partial charge is 0.389 e. The Kier molecular flexibility index (Phi) is 5.47. The first-order valence-corrected chi connectivity index (χ1v) is 4.28. The summed E-state index contributed by atoms with van der Waals surface area (Å²) in [7, 11) is 0. The first-order chi connectivity index (χ1) is 5.57. The molecule has 0 aliphatic carbocycles. The van der Waals surface area contributed by atoms with Crippen LogP contribution in [0, 0.1) is 0 Å². The molecule has 3 heteroatoms. The van der Waals surface area contributed by atoms with Crippen molar-refractivity contribution in [2.75, 3.05) is 0 Å². The third kappa shape index (κ3) is 4.97. The lowest BCUT2D eigenvalue weighted by atomic mass is 10.1. The van der Waals surface area contributed by atoms with Crippen LogP contribution in [0.1, 0.15) is 26.7 Å². The Morgan fingerprint density at radius 2 is 2.08 bits per heavy atom. The van der Waals surface area contributed by atoms with Gasteiger partial charge in [-0.1, -0.05) is 31.0 Å². The van der Waals surface area contributed by atoms with Gasteiger partial charge in [0.15, 0.2) is 5.78 Å². The summed E-state index contributed by atoms with van der Waals surface area (Å²) in [4.78, 5) is 11.0. The minimum atomic E-state index is 0.0750. The van der Waals surface area contributed by atoms with Crippen LogP contribution in [0.5, 0.6) is 0 Å². The molecule has 0 aromatic rings. The third-order valence-electron chi connectivity index (χ3n) is 1.42. The molecule has 0 saturated carbocycles. The number of ketones is 1. The predicted molar refractivity (Wildman–Crippen MR) is 51.8 cm³/mol. The molecule has 0 spiro atoms. The molecule has 0 fully saturated rings. The van der Waals surface area contributed by atoms with Gasteiger partial charge in [0, 0.05) is 0 Å². The standard InChI is InChI=1S/C9H14ClNO/c1-3-4-8(7(2)12)5-6-9(10)11/h5-6H,3-4,11H2,1-2H3/b8-5+,9-6-. The topological polar surface area (TPSA) is 43.1 Å². The van der Waals surface area contributed by atoms with Gasteiger partial charge in [0.05, 0.1) is 5.16 Å². The van der Waals surface area contributed by atoms with Gasteiger partial charge >= 0.3 is 0 Å². The number of carbonyl (C=O) groups is 1. The minimum absolute atomic E-state index is 0.0750. The Morgan fingerprint density at radius 3 is 2.42 bits per heavy atom. The Bertz CT molecular complexity index is 215. The second-order valence-electron chi connectivity index (χ2n) is 2.55. The number of Topliss-reactive ketones (excluding diaryl/α,β-unsaturated/α-hetero) is 1. The Labute approximate surface area is 78.1 Å². The quantitative estimate of drug-likeness (QED) is 0.417. The number of hydrogen-bond acceptors (Lipinski definition) is 2. The maximum Gasteiger partial charge on any atom is 0.155 e. The van der Waals surface area contributed by atoms with Gasteiger partial charge in [-0.3, -0.25) is 4.79 Å². The van der Waals surface area contributed by atoms with E-state index in [9.17, 15) is 4.79 Å². The first-order valence-electron chi connectivity index (χ1n) is 3.90. The van der Waals surface area contributed by atoms with E-state index in [4.69, 9.17) is 17.3 Å². The van der Waals surface area contributed by atoms with E-state index in [1.54, 1.807) is 13.0 Å². The Hall–Kier alpha value is -0.760. The highest BCUT2D eigenvalue weighted by molar-refractivity contribution is 6.29. The molecule has 0 unspecified atom stereocenters. The zero-order valence-electron chi connectivity index (χ0n) is 7.43.